The maximum atomic E-state index is 2.27. The summed E-state index contributed by atoms with van der Waals surface area (Å²) in [6, 6.07) is 0. The van der Waals surface area contributed by atoms with Gasteiger partial charge in [-0.25, -0.2) is 0 Å². The topological polar surface area (TPSA) is 0 Å². The van der Waals surface area contributed by atoms with E-state index in [1.165, 1.54) is 12.0 Å². The van der Waals surface area contributed by atoms with E-state index in [1.807, 2.05) is 0 Å². The summed E-state index contributed by atoms with van der Waals surface area (Å²) in [6.45, 7) is 2.22. The van der Waals surface area contributed by atoms with Crippen molar-refractivity contribution in [2.24, 2.45) is 5.92 Å². The fourth-order valence-electron chi connectivity index (χ4n) is 1.61. The first-order chi connectivity index (χ1) is 4.42. The van der Waals surface area contributed by atoms with Gasteiger partial charge in [0.25, 0.3) is 0 Å². The molecule has 0 aromatic heterocycles. The first-order valence-electron chi connectivity index (χ1n) is 3.51. The van der Waals surface area contributed by atoms with Gasteiger partial charge in [0.2, 0.25) is 0 Å². The Bertz CT molecular complexity index is 200. The van der Waals surface area contributed by atoms with Gasteiger partial charge in [0.15, 0.2) is 0 Å². The van der Waals surface area contributed by atoms with Crippen LogP contribution in [-0.2, 0) is 0 Å². The monoisotopic (exact) mass is 118 g/mol. The Kier molecular flexibility index (Phi) is 0.895. The molecule has 0 N–H and O–H groups in total. The van der Waals surface area contributed by atoms with E-state index in [1.54, 1.807) is 5.57 Å². The maximum Gasteiger partial charge on any atom is 0.0172 e. The molecule has 2 aliphatic carbocycles. The molecule has 2 aliphatic rings. The Hall–Kier alpha value is -0.780. The first-order valence-corrected chi connectivity index (χ1v) is 3.51. The summed E-state index contributed by atoms with van der Waals surface area (Å²) >= 11 is 0. The van der Waals surface area contributed by atoms with Crippen LogP contribution in [-0.4, -0.2) is 0 Å². The zero-order chi connectivity index (χ0) is 6.27. The van der Waals surface area contributed by atoms with Gasteiger partial charge < -0.3 is 0 Å². The van der Waals surface area contributed by atoms with Gasteiger partial charge in [-0.3, -0.25) is 0 Å². The second kappa shape index (κ2) is 1.60. The van der Waals surface area contributed by atoms with Crippen LogP contribution in [0.3, 0.4) is 0 Å². The molecule has 0 heterocycles. The quantitative estimate of drug-likeness (QED) is 0.496. The van der Waals surface area contributed by atoms with Crippen LogP contribution >= 0.6 is 0 Å². The van der Waals surface area contributed by atoms with E-state index >= 15 is 0 Å². The van der Waals surface area contributed by atoms with Crippen molar-refractivity contribution in [1.29, 1.82) is 0 Å². The highest BCUT2D eigenvalue weighted by molar-refractivity contribution is 5.51. The van der Waals surface area contributed by atoms with E-state index in [0.29, 0.717) is 5.92 Å². The summed E-state index contributed by atoms with van der Waals surface area (Å²) in [4.78, 5) is 0. The standard InChI is InChI=1S/C9H10/c1-2-9-7-3-4-8(9)6-5-7/h3-7H,2H2,1H3. The molecule has 0 saturated carbocycles. The molecule has 0 aliphatic heterocycles. The summed E-state index contributed by atoms with van der Waals surface area (Å²) in [5.41, 5.74) is 3.07. The summed E-state index contributed by atoms with van der Waals surface area (Å²) in [6.07, 6.45) is 10.2. The lowest BCUT2D eigenvalue weighted by Gasteiger charge is -2.00. The van der Waals surface area contributed by atoms with Crippen LogP contribution in [0.2, 0.25) is 0 Å². The molecule has 0 radical (unpaired) electrons. The molecule has 0 nitrogen and oxygen atoms in total. The fourth-order valence-corrected chi connectivity index (χ4v) is 1.61. The van der Waals surface area contributed by atoms with Crippen molar-refractivity contribution in [3.63, 3.8) is 0 Å². The third kappa shape index (κ3) is 0.533. The SMILES string of the molecule is CCC1=C2C=CC1C=C2. The smallest absolute Gasteiger partial charge is 0.0172 e. The van der Waals surface area contributed by atoms with Gasteiger partial charge in [-0.15, -0.1) is 0 Å². The van der Waals surface area contributed by atoms with Crippen molar-refractivity contribution in [1.82, 2.24) is 0 Å². The van der Waals surface area contributed by atoms with Crippen LogP contribution < -0.4 is 0 Å². The number of rotatable bonds is 1. The third-order valence-electron chi connectivity index (χ3n) is 2.12. The second-order valence-corrected chi connectivity index (χ2v) is 2.58. The zero-order valence-corrected chi connectivity index (χ0v) is 5.59. The molecule has 0 atom stereocenters. The minimum atomic E-state index is 0.671. The maximum absolute atomic E-state index is 2.27. The van der Waals surface area contributed by atoms with Gasteiger partial charge in [-0.05, 0) is 12.0 Å². The molecule has 2 bridgehead atoms. The fraction of sp³-hybridized carbons (Fsp3) is 0.333. The number of fused-ring (bicyclic) bond motifs is 1. The first kappa shape index (κ1) is 5.04. The average molecular weight is 118 g/mol. The normalized spacial score (nSPS) is 22.8. The van der Waals surface area contributed by atoms with E-state index in [2.05, 4.69) is 31.2 Å². The molecular formula is C9H10. The molecule has 0 heteroatoms. The van der Waals surface area contributed by atoms with E-state index in [4.69, 9.17) is 0 Å². The van der Waals surface area contributed by atoms with E-state index < -0.39 is 0 Å². The zero-order valence-electron chi connectivity index (χ0n) is 5.59. The van der Waals surface area contributed by atoms with E-state index in [9.17, 15) is 0 Å². The lowest BCUT2D eigenvalue weighted by atomic mass is 10.0. The summed E-state index contributed by atoms with van der Waals surface area (Å²) in [7, 11) is 0. The molecule has 46 valence electrons. The molecule has 0 fully saturated rings. The van der Waals surface area contributed by atoms with Crippen LogP contribution in [0, 0.1) is 5.92 Å². The van der Waals surface area contributed by atoms with Gasteiger partial charge in [-0.2, -0.15) is 0 Å². The van der Waals surface area contributed by atoms with E-state index in [0.717, 1.165) is 0 Å². The predicted molar refractivity (Wildman–Crippen MR) is 39.1 cm³/mol. The Labute approximate surface area is 55.6 Å². The van der Waals surface area contributed by atoms with Crippen molar-refractivity contribution in [2.75, 3.05) is 0 Å². The van der Waals surface area contributed by atoms with Crippen molar-refractivity contribution in [3.05, 3.63) is 35.5 Å². The molecule has 0 saturated heterocycles. The average Bonchev–Trinajstić information content (AvgIpc) is 2.44. The van der Waals surface area contributed by atoms with Crippen molar-refractivity contribution >= 4 is 0 Å². The van der Waals surface area contributed by atoms with Crippen LogP contribution in [0.25, 0.3) is 0 Å². The summed E-state index contributed by atoms with van der Waals surface area (Å²) in [5, 5.41) is 0. The molecule has 0 unspecified atom stereocenters. The van der Waals surface area contributed by atoms with Gasteiger partial charge in [0.1, 0.15) is 0 Å². The number of allylic oxidation sites excluding steroid dienone is 6. The Morgan fingerprint density at radius 2 is 2.00 bits per heavy atom. The lowest BCUT2D eigenvalue weighted by molar-refractivity contribution is 0.919. The van der Waals surface area contributed by atoms with Gasteiger partial charge in [0.05, 0.1) is 0 Å². The molecule has 0 amide bonds. The highest BCUT2D eigenvalue weighted by atomic mass is 14.2. The van der Waals surface area contributed by atoms with E-state index in [-0.39, 0.29) is 0 Å². The molecule has 0 aromatic rings. The summed E-state index contributed by atoms with van der Waals surface area (Å²) < 4.78 is 0. The second-order valence-electron chi connectivity index (χ2n) is 2.58. The van der Waals surface area contributed by atoms with Crippen LogP contribution in [0.15, 0.2) is 35.5 Å². The molecule has 2 rings (SSSR count). The van der Waals surface area contributed by atoms with Crippen LogP contribution in [0.5, 0.6) is 0 Å². The lowest BCUT2D eigenvalue weighted by Crippen LogP contribution is -1.87. The largest absolute Gasteiger partial charge is 0.0729 e. The third-order valence-corrected chi connectivity index (χ3v) is 2.12. The Morgan fingerprint density at radius 3 is 2.22 bits per heavy atom. The Morgan fingerprint density at radius 1 is 1.33 bits per heavy atom. The highest BCUT2D eigenvalue weighted by Gasteiger charge is 2.19. The van der Waals surface area contributed by atoms with Crippen molar-refractivity contribution in [2.45, 2.75) is 13.3 Å². The molecule has 0 aromatic carbocycles. The van der Waals surface area contributed by atoms with Crippen molar-refractivity contribution in [3.8, 4) is 0 Å². The summed E-state index contributed by atoms with van der Waals surface area (Å²) in [5.74, 6) is 0.671. The predicted octanol–water partition coefficient (Wildman–Crippen LogP) is 2.45. The van der Waals surface area contributed by atoms with Crippen LogP contribution in [0.1, 0.15) is 13.3 Å². The molecule has 0 spiro atoms. The van der Waals surface area contributed by atoms with Gasteiger partial charge in [0, 0.05) is 5.92 Å². The highest BCUT2D eigenvalue weighted by Crippen LogP contribution is 2.34. The Balaban J connectivity index is 2.39. The minimum Gasteiger partial charge on any atom is -0.0729 e. The van der Waals surface area contributed by atoms with Crippen LogP contribution in [0.4, 0.5) is 0 Å². The molecular weight excluding hydrogens is 108 g/mol. The minimum absolute atomic E-state index is 0.671. The van der Waals surface area contributed by atoms with Gasteiger partial charge in [-0.1, -0.05) is 36.8 Å². The van der Waals surface area contributed by atoms with Crippen molar-refractivity contribution < 1.29 is 0 Å². The number of hydrogen-bond donors (Lipinski definition) is 0. The van der Waals surface area contributed by atoms with Gasteiger partial charge >= 0.3 is 0 Å². The number of hydrogen-bond acceptors (Lipinski definition) is 0. The molecule has 9 heavy (non-hydrogen) atoms.